The van der Waals surface area contributed by atoms with Crippen molar-refractivity contribution in [2.45, 2.75) is 38.8 Å². The first-order valence-corrected chi connectivity index (χ1v) is 8.83. The van der Waals surface area contributed by atoms with Gasteiger partial charge in [-0.1, -0.05) is 0 Å². The number of nitrogens with zero attached hydrogens (tertiary/aromatic N) is 2. The maximum absolute atomic E-state index is 12.0. The monoisotopic (exact) mass is 321 g/mol. The summed E-state index contributed by atoms with van der Waals surface area (Å²) >= 11 is 1.87. The van der Waals surface area contributed by atoms with Crippen LogP contribution in [0.25, 0.3) is 0 Å². The summed E-state index contributed by atoms with van der Waals surface area (Å²) in [5.41, 5.74) is 1.49. The average Bonchev–Trinajstić information content (AvgIpc) is 3.00. The summed E-state index contributed by atoms with van der Waals surface area (Å²) in [6.45, 7) is 5.37. The summed E-state index contributed by atoms with van der Waals surface area (Å²) in [7, 11) is 0. The van der Waals surface area contributed by atoms with Crippen LogP contribution in [0.4, 0.5) is 0 Å². The second kappa shape index (κ2) is 6.79. The Bertz CT molecular complexity index is 549. The number of carbonyl (C=O) groups is 2. The van der Waals surface area contributed by atoms with Gasteiger partial charge in [0.25, 0.3) is 0 Å². The van der Waals surface area contributed by atoms with Crippen LogP contribution < -0.4 is 5.32 Å². The number of rotatable bonds is 3. The highest BCUT2D eigenvalue weighted by Gasteiger charge is 2.29. The minimum absolute atomic E-state index is 0.0346. The van der Waals surface area contributed by atoms with Gasteiger partial charge in [-0.15, -0.1) is 11.3 Å². The van der Waals surface area contributed by atoms with E-state index in [-0.39, 0.29) is 18.4 Å². The summed E-state index contributed by atoms with van der Waals surface area (Å²) in [4.78, 5) is 28.9. The lowest BCUT2D eigenvalue weighted by molar-refractivity contribution is -0.133. The molecule has 1 aromatic rings. The molecule has 1 aromatic heterocycles. The van der Waals surface area contributed by atoms with Gasteiger partial charge < -0.3 is 10.2 Å². The van der Waals surface area contributed by atoms with E-state index < -0.39 is 0 Å². The van der Waals surface area contributed by atoms with Crippen LogP contribution in [-0.2, 0) is 22.6 Å². The number of carbonyl (C=O) groups excluding carboxylic acids is 2. The Morgan fingerprint density at radius 1 is 1.32 bits per heavy atom. The molecule has 0 spiro atoms. The second-order valence-corrected chi connectivity index (χ2v) is 7.11. The van der Waals surface area contributed by atoms with Crippen LogP contribution in [0, 0.1) is 0 Å². The van der Waals surface area contributed by atoms with Crippen LogP contribution in [0.15, 0.2) is 11.4 Å². The molecule has 3 heterocycles. The molecule has 0 saturated carbocycles. The van der Waals surface area contributed by atoms with Crippen molar-refractivity contribution in [1.29, 1.82) is 0 Å². The van der Waals surface area contributed by atoms with E-state index in [1.165, 1.54) is 12.5 Å². The third kappa shape index (κ3) is 3.50. The molecule has 2 aliphatic rings. The van der Waals surface area contributed by atoms with Gasteiger partial charge in [0.2, 0.25) is 11.8 Å². The van der Waals surface area contributed by atoms with Crippen molar-refractivity contribution in [3.8, 4) is 0 Å². The molecule has 2 amide bonds. The number of amides is 2. The Labute approximate surface area is 135 Å². The summed E-state index contributed by atoms with van der Waals surface area (Å²) in [6, 6.07) is 2.83. The van der Waals surface area contributed by atoms with E-state index in [2.05, 4.69) is 21.7 Å². The first-order valence-electron chi connectivity index (χ1n) is 7.95. The van der Waals surface area contributed by atoms with Crippen molar-refractivity contribution in [3.05, 3.63) is 21.9 Å². The van der Waals surface area contributed by atoms with Crippen molar-refractivity contribution >= 4 is 23.2 Å². The minimum atomic E-state index is -0.150. The predicted octanol–water partition coefficient (Wildman–Crippen LogP) is 1.23. The number of thiophene rings is 1. The van der Waals surface area contributed by atoms with E-state index in [1.807, 2.05) is 16.2 Å². The first kappa shape index (κ1) is 15.5. The lowest BCUT2D eigenvalue weighted by Crippen LogP contribution is -2.49. The molecule has 1 saturated heterocycles. The standard InChI is InChI=1S/C16H23N3O2S/c1-12(20)17-10-16(21)18-6-2-14(3-7-18)19-8-4-15-13(11-19)5-9-22-15/h5,9,14H,2-4,6-8,10-11H2,1H3,(H,17,20). The van der Waals surface area contributed by atoms with Crippen molar-refractivity contribution in [2.24, 2.45) is 0 Å². The summed E-state index contributed by atoms with van der Waals surface area (Å²) in [6.07, 6.45) is 3.23. The second-order valence-electron chi connectivity index (χ2n) is 6.11. The van der Waals surface area contributed by atoms with E-state index in [0.717, 1.165) is 45.4 Å². The fourth-order valence-electron chi connectivity index (χ4n) is 3.37. The van der Waals surface area contributed by atoms with E-state index in [1.54, 1.807) is 4.88 Å². The highest BCUT2D eigenvalue weighted by molar-refractivity contribution is 7.10. The molecule has 22 heavy (non-hydrogen) atoms. The summed E-state index contributed by atoms with van der Waals surface area (Å²) in [5, 5.41) is 4.78. The predicted molar refractivity (Wildman–Crippen MR) is 86.7 cm³/mol. The van der Waals surface area contributed by atoms with Crippen LogP contribution >= 0.6 is 11.3 Å². The lowest BCUT2D eigenvalue weighted by atomic mass is 9.99. The third-order valence-corrected chi connectivity index (χ3v) is 5.68. The van der Waals surface area contributed by atoms with Crippen molar-refractivity contribution < 1.29 is 9.59 Å². The Hall–Kier alpha value is -1.40. The highest BCUT2D eigenvalue weighted by atomic mass is 32.1. The van der Waals surface area contributed by atoms with E-state index in [4.69, 9.17) is 0 Å². The molecule has 0 atom stereocenters. The number of hydrogen-bond donors (Lipinski definition) is 1. The van der Waals surface area contributed by atoms with Crippen LogP contribution in [0.2, 0.25) is 0 Å². The van der Waals surface area contributed by atoms with Crippen molar-refractivity contribution in [2.75, 3.05) is 26.2 Å². The minimum Gasteiger partial charge on any atom is -0.347 e. The third-order valence-electron chi connectivity index (χ3n) is 4.66. The normalized spacial score (nSPS) is 19.8. The number of likely N-dealkylation sites (tertiary alicyclic amines) is 1. The number of piperidine rings is 1. The van der Waals surface area contributed by atoms with Gasteiger partial charge in [0.1, 0.15) is 0 Å². The molecule has 5 nitrogen and oxygen atoms in total. The Morgan fingerprint density at radius 3 is 2.82 bits per heavy atom. The van der Waals surface area contributed by atoms with E-state index in [0.29, 0.717) is 6.04 Å². The fourth-order valence-corrected chi connectivity index (χ4v) is 4.26. The maximum Gasteiger partial charge on any atom is 0.241 e. The number of nitrogens with one attached hydrogen (secondary N) is 1. The first-order chi connectivity index (χ1) is 10.6. The summed E-state index contributed by atoms with van der Waals surface area (Å²) < 4.78 is 0. The maximum atomic E-state index is 12.0. The molecule has 1 N–H and O–H groups in total. The van der Waals surface area contributed by atoms with Gasteiger partial charge in [-0.3, -0.25) is 14.5 Å². The zero-order chi connectivity index (χ0) is 15.5. The highest BCUT2D eigenvalue weighted by Crippen LogP contribution is 2.27. The Balaban J connectivity index is 1.48. The van der Waals surface area contributed by atoms with Gasteiger partial charge in [-0.05, 0) is 36.3 Å². The molecule has 0 aliphatic carbocycles. The zero-order valence-electron chi connectivity index (χ0n) is 13.0. The smallest absolute Gasteiger partial charge is 0.241 e. The van der Waals surface area contributed by atoms with Gasteiger partial charge in [0, 0.05) is 44.0 Å². The van der Waals surface area contributed by atoms with Gasteiger partial charge in [-0.25, -0.2) is 0 Å². The van der Waals surface area contributed by atoms with Crippen molar-refractivity contribution in [1.82, 2.24) is 15.1 Å². The van der Waals surface area contributed by atoms with E-state index >= 15 is 0 Å². The van der Waals surface area contributed by atoms with Crippen molar-refractivity contribution in [3.63, 3.8) is 0 Å². The Kier molecular flexibility index (Phi) is 4.78. The topological polar surface area (TPSA) is 52.7 Å². The number of fused-ring (bicyclic) bond motifs is 1. The summed E-state index contributed by atoms with van der Waals surface area (Å²) in [5.74, 6) is -0.115. The van der Waals surface area contributed by atoms with Gasteiger partial charge >= 0.3 is 0 Å². The van der Waals surface area contributed by atoms with Gasteiger partial charge in [0.05, 0.1) is 6.54 Å². The van der Waals surface area contributed by atoms with E-state index in [9.17, 15) is 9.59 Å². The van der Waals surface area contributed by atoms with Crippen LogP contribution in [0.5, 0.6) is 0 Å². The molecule has 120 valence electrons. The molecule has 1 fully saturated rings. The molecule has 0 aromatic carbocycles. The molecule has 2 aliphatic heterocycles. The molecule has 0 radical (unpaired) electrons. The molecule has 6 heteroatoms. The van der Waals surface area contributed by atoms with Crippen LogP contribution in [0.1, 0.15) is 30.2 Å². The van der Waals surface area contributed by atoms with Gasteiger partial charge in [0.15, 0.2) is 0 Å². The van der Waals surface area contributed by atoms with Gasteiger partial charge in [-0.2, -0.15) is 0 Å². The van der Waals surface area contributed by atoms with Crippen LogP contribution in [-0.4, -0.2) is 53.8 Å². The lowest BCUT2D eigenvalue weighted by Gasteiger charge is -2.40. The van der Waals surface area contributed by atoms with Crippen LogP contribution in [0.3, 0.4) is 0 Å². The molecule has 0 bridgehead atoms. The molecule has 3 rings (SSSR count). The molecule has 0 unspecified atom stereocenters. The Morgan fingerprint density at radius 2 is 2.09 bits per heavy atom. The SMILES string of the molecule is CC(=O)NCC(=O)N1CCC(N2CCc3sccc3C2)CC1. The largest absolute Gasteiger partial charge is 0.347 e. The molecular formula is C16H23N3O2S. The average molecular weight is 321 g/mol. The number of hydrogen-bond acceptors (Lipinski definition) is 4. The zero-order valence-corrected chi connectivity index (χ0v) is 13.8. The quantitative estimate of drug-likeness (QED) is 0.911. The molecular weight excluding hydrogens is 298 g/mol. The fraction of sp³-hybridized carbons (Fsp3) is 0.625.